The number of aromatic nitrogens is 2. The third-order valence-electron chi connectivity index (χ3n) is 4.62. The van der Waals surface area contributed by atoms with Gasteiger partial charge in [-0.15, -0.1) is 0 Å². The lowest BCUT2D eigenvalue weighted by Crippen LogP contribution is -2.31. The zero-order chi connectivity index (χ0) is 21.5. The Hall–Kier alpha value is -3.41. The van der Waals surface area contributed by atoms with Gasteiger partial charge in [0.15, 0.2) is 17.7 Å². The van der Waals surface area contributed by atoms with Crippen molar-refractivity contribution in [2.24, 2.45) is 0 Å². The Morgan fingerprint density at radius 2 is 1.80 bits per heavy atom. The quantitative estimate of drug-likeness (QED) is 0.577. The van der Waals surface area contributed by atoms with E-state index in [4.69, 9.17) is 9.47 Å². The molecule has 3 rings (SSSR count). The molecule has 156 valence electrons. The summed E-state index contributed by atoms with van der Waals surface area (Å²) >= 11 is 0. The summed E-state index contributed by atoms with van der Waals surface area (Å²) in [5.41, 5.74) is 3.13. The van der Waals surface area contributed by atoms with Gasteiger partial charge in [0.05, 0.1) is 0 Å². The molecule has 0 spiro atoms. The summed E-state index contributed by atoms with van der Waals surface area (Å²) < 4.78 is 11.8. The fraction of sp³-hybridized carbons (Fsp3) is 0.292. The van der Waals surface area contributed by atoms with Crippen LogP contribution in [0.15, 0.2) is 61.1 Å². The number of aryl methyl sites for hydroxylation is 1. The van der Waals surface area contributed by atoms with Crippen molar-refractivity contribution < 1.29 is 14.3 Å². The molecule has 30 heavy (non-hydrogen) atoms. The smallest absolute Gasteiger partial charge is 0.266 e. The van der Waals surface area contributed by atoms with Crippen LogP contribution < -0.4 is 14.8 Å². The first kappa shape index (κ1) is 21.3. The minimum atomic E-state index is -0.695. The van der Waals surface area contributed by atoms with Gasteiger partial charge in [-0.1, -0.05) is 26.0 Å². The molecule has 1 N–H and O–H groups in total. The number of nitrogens with one attached hydrogen (secondary N) is 1. The van der Waals surface area contributed by atoms with Crippen molar-refractivity contribution in [3.63, 3.8) is 0 Å². The summed E-state index contributed by atoms with van der Waals surface area (Å²) in [6.45, 7) is 8.28. The highest BCUT2D eigenvalue weighted by molar-refractivity contribution is 5.94. The molecule has 1 atom stereocenters. The topological polar surface area (TPSA) is 73.3 Å². The molecule has 0 aliphatic rings. The number of carbonyl (C=O) groups is 1. The fourth-order valence-corrected chi connectivity index (χ4v) is 2.92. The number of carbonyl (C=O) groups excluding carboxylic acids is 1. The molecule has 0 bridgehead atoms. The molecule has 0 saturated carbocycles. The lowest BCUT2D eigenvalue weighted by molar-refractivity contribution is -0.122. The predicted molar refractivity (Wildman–Crippen MR) is 117 cm³/mol. The normalized spacial score (nSPS) is 11.8. The van der Waals surface area contributed by atoms with E-state index in [-0.39, 0.29) is 5.91 Å². The van der Waals surface area contributed by atoms with Gasteiger partial charge in [-0.25, -0.2) is 4.98 Å². The van der Waals surface area contributed by atoms with E-state index in [2.05, 4.69) is 29.1 Å². The Morgan fingerprint density at radius 3 is 2.53 bits per heavy atom. The monoisotopic (exact) mass is 405 g/mol. The van der Waals surface area contributed by atoms with E-state index >= 15 is 0 Å². The van der Waals surface area contributed by atoms with Gasteiger partial charge < -0.3 is 14.8 Å². The van der Waals surface area contributed by atoms with Gasteiger partial charge >= 0.3 is 0 Å². The number of anilines is 1. The standard InChI is InChI=1S/C24H27N3O3/c1-16(2)20-8-7-17(3)14-22(20)30-18(4)24(28)27-23-21(6-5-11-26-23)29-15-19-9-12-25-13-10-19/h5-14,16,18H,15H2,1-4H3,(H,26,27,28). The minimum absolute atomic E-state index is 0.292. The van der Waals surface area contributed by atoms with Crippen LogP contribution in [0, 0.1) is 6.92 Å². The molecule has 6 heteroatoms. The highest BCUT2D eigenvalue weighted by Crippen LogP contribution is 2.29. The van der Waals surface area contributed by atoms with Gasteiger partial charge in [-0.2, -0.15) is 0 Å². The van der Waals surface area contributed by atoms with Crippen molar-refractivity contribution in [3.05, 3.63) is 77.7 Å². The van der Waals surface area contributed by atoms with Crippen LogP contribution in [0.3, 0.4) is 0 Å². The van der Waals surface area contributed by atoms with Crippen LogP contribution in [-0.4, -0.2) is 22.0 Å². The summed E-state index contributed by atoms with van der Waals surface area (Å²) in [4.78, 5) is 21.0. The number of amides is 1. The first-order valence-electron chi connectivity index (χ1n) is 9.99. The summed E-state index contributed by atoms with van der Waals surface area (Å²) in [6, 6.07) is 13.3. The zero-order valence-electron chi connectivity index (χ0n) is 17.8. The Bertz CT molecular complexity index is 990. The van der Waals surface area contributed by atoms with Gasteiger partial charge in [0.25, 0.3) is 5.91 Å². The summed E-state index contributed by atoms with van der Waals surface area (Å²) in [7, 11) is 0. The Balaban J connectivity index is 1.68. The molecule has 1 aromatic carbocycles. The molecular formula is C24H27N3O3. The van der Waals surface area contributed by atoms with Crippen LogP contribution in [-0.2, 0) is 11.4 Å². The number of benzene rings is 1. The molecule has 0 radical (unpaired) electrons. The Morgan fingerprint density at radius 1 is 1.03 bits per heavy atom. The fourth-order valence-electron chi connectivity index (χ4n) is 2.92. The lowest BCUT2D eigenvalue weighted by Gasteiger charge is -2.19. The van der Waals surface area contributed by atoms with E-state index < -0.39 is 6.10 Å². The van der Waals surface area contributed by atoms with E-state index in [1.165, 1.54) is 0 Å². The van der Waals surface area contributed by atoms with Gasteiger partial charge in [0, 0.05) is 18.6 Å². The van der Waals surface area contributed by atoms with Crippen LogP contribution in [0.25, 0.3) is 0 Å². The SMILES string of the molecule is Cc1ccc(C(C)C)c(OC(C)C(=O)Nc2ncccc2OCc2ccncc2)c1. The largest absolute Gasteiger partial charge is 0.485 e. The van der Waals surface area contributed by atoms with Crippen LogP contribution in [0.5, 0.6) is 11.5 Å². The second kappa shape index (κ2) is 9.87. The molecule has 2 heterocycles. The van der Waals surface area contributed by atoms with Crippen molar-refractivity contribution >= 4 is 11.7 Å². The number of hydrogen-bond donors (Lipinski definition) is 1. The number of ether oxygens (including phenoxy) is 2. The molecule has 1 unspecified atom stereocenters. The number of pyridine rings is 2. The number of nitrogens with zero attached hydrogens (tertiary/aromatic N) is 2. The highest BCUT2D eigenvalue weighted by Gasteiger charge is 2.19. The molecule has 2 aromatic heterocycles. The van der Waals surface area contributed by atoms with Gasteiger partial charge in [-0.05, 0) is 66.8 Å². The van der Waals surface area contributed by atoms with Gasteiger partial charge in [-0.3, -0.25) is 9.78 Å². The van der Waals surface area contributed by atoms with Gasteiger partial charge in [0.2, 0.25) is 0 Å². The highest BCUT2D eigenvalue weighted by atomic mass is 16.5. The molecule has 0 saturated heterocycles. The summed E-state index contributed by atoms with van der Waals surface area (Å²) in [5, 5.41) is 2.82. The van der Waals surface area contributed by atoms with E-state index in [1.54, 1.807) is 37.6 Å². The van der Waals surface area contributed by atoms with E-state index in [1.807, 2.05) is 37.3 Å². The first-order valence-corrected chi connectivity index (χ1v) is 9.99. The third kappa shape index (κ3) is 5.56. The Kier molecular flexibility index (Phi) is 7.01. The van der Waals surface area contributed by atoms with Crippen molar-refractivity contribution in [1.29, 1.82) is 0 Å². The zero-order valence-corrected chi connectivity index (χ0v) is 17.8. The van der Waals surface area contributed by atoms with Crippen LogP contribution in [0.1, 0.15) is 43.4 Å². The van der Waals surface area contributed by atoms with Gasteiger partial charge in [0.1, 0.15) is 12.4 Å². The second-order valence-corrected chi connectivity index (χ2v) is 7.44. The number of hydrogen-bond acceptors (Lipinski definition) is 5. The maximum atomic E-state index is 12.8. The van der Waals surface area contributed by atoms with E-state index in [0.29, 0.717) is 24.1 Å². The van der Waals surface area contributed by atoms with Crippen LogP contribution in [0.2, 0.25) is 0 Å². The maximum absolute atomic E-state index is 12.8. The average Bonchev–Trinajstić information content (AvgIpc) is 2.73. The van der Waals surface area contributed by atoms with Crippen molar-refractivity contribution in [2.75, 3.05) is 5.32 Å². The molecular weight excluding hydrogens is 378 g/mol. The first-order chi connectivity index (χ1) is 14.4. The lowest BCUT2D eigenvalue weighted by atomic mass is 10.0. The predicted octanol–water partition coefficient (Wildman–Crippen LogP) is 4.89. The summed E-state index contributed by atoms with van der Waals surface area (Å²) in [5.74, 6) is 1.58. The molecule has 0 aliphatic heterocycles. The molecule has 0 fully saturated rings. The van der Waals surface area contributed by atoms with Crippen molar-refractivity contribution in [3.8, 4) is 11.5 Å². The summed E-state index contributed by atoms with van der Waals surface area (Å²) in [6.07, 6.45) is 4.33. The van der Waals surface area contributed by atoms with Crippen LogP contribution >= 0.6 is 0 Å². The molecule has 0 aliphatic carbocycles. The average molecular weight is 405 g/mol. The number of rotatable bonds is 8. The third-order valence-corrected chi connectivity index (χ3v) is 4.62. The van der Waals surface area contributed by atoms with Crippen molar-refractivity contribution in [1.82, 2.24) is 9.97 Å². The second-order valence-electron chi connectivity index (χ2n) is 7.44. The molecule has 6 nitrogen and oxygen atoms in total. The van der Waals surface area contributed by atoms with Crippen LogP contribution in [0.4, 0.5) is 5.82 Å². The van der Waals surface area contributed by atoms with Crippen molar-refractivity contribution in [2.45, 2.75) is 46.3 Å². The van der Waals surface area contributed by atoms with E-state index in [9.17, 15) is 4.79 Å². The molecule has 1 amide bonds. The van der Waals surface area contributed by atoms with E-state index in [0.717, 1.165) is 22.4 Å². The molecule has 3 aromatic rings. The Labute approximate surface area is 177 Å². The maximum Gasteiger partial charge on any atom is 0.266 e. The minimum Gasteiger partial charge on any atom is -0.485 e.